The van der Waals surface area contributed by atoms with Crippen molar-refractivity contribution in [1.29, 1.82) is 0 Å². The molecule has 1 aromatic carbocycles. The van der Waals surface area contributed by atoms with Crippen LogP contribution in [0.3, 0.4) is 0 Å². The van der Waals surface area contributed by atoms with Crippen molar-refractivity contribution in [2.45, 2.75) is 65.1 Å². The molecule has 0 radical (unpaired) electrons. The maximum Gasteiger partial charge on any atom is 0.323 e. The lowest BCUT2D eigenvalue weighted by Crippen LogP contribution is -2.40. The van der Waals surface area contributed by atoms with Crippen molar-refractivity contribution >= 4 is 24.8 Å². The lowest BCUT2D eigenvalue weighted by molar-refractivity contribution is -0.160. The zero-order valence-electron chi connectivity index (χ0n) is 19.3. The molecule has 1 saturated heterocycles. The molecule has 32 heavy (non-hydrogen) atoms. The maximum atomic E-state index is 12.6. The molecule has 3 rings (SSSR count). The molecular weight excluding hydrogens is 428 g/mol. The van der Waals surface area contributed by atoms with Crippen LogP contribution in [0, 0.1) is 6.92 Å². The summed E-state index contributed by atoms with van der Waals surface area (Å²) in [5.41, 5.74) is 8.78. The van der Waals surface area contributed by atoms with Gasteiger partial charge in [-0.2, -0.15) is 4.98 Å². The number of esters is 1. The molecule has 174 valence electrons. The summed E-state index contributed by atoms with van der Waals surface area (Å²) in [4.78, 5) is 23.2. The summed E-state index contributed by atoms with van der Waals surface area (Å²) >= 11 is 3.90. The number of likely N-dealkylation sites (tertiary alicyclic amines) is 1. The van der Waals surface area contributed by atoms with E-state index in [0.29, 0.717) is 18.8 Å². The Kier molecular flexibility index (Phi) is 7.51. The van der Waals surface area contributed by atoms with Crippen molar-refractivity contribution in [2.75, 3.05) is 19.4 Å². The predicted molar refractivity (Wildman–Crippen MR) is 126 cm³/mol. The second-order valence-electron chi connectivity index (χ2n) is 9.03. The number of nitrogens with zero attached hydrogens (tertiary/aromatic N) is 3. The van der Waals surface area contributed by atoms with E-state index in [9.17, 15) is 4.79 Å². The third-order valence-electron chi connectivity index (χ3n) is 5.43. The van der Waals surface area contributed by atoms with Crippen LogP contribution in [0.5, 0.6) is 11.6 Å². The zero-order chi connectivity index (χ0) is 23.5. The number of methoxy groups -OCH3 is 1. The molecule has 1 aliphatic rings. The molecule has 0 aliphatic carbocycles. The molecule has 9 heteroatoms. The zero-order valence-corrected chi connectivity index (χ0v) is 20.2. The Balaban J connectivity index is 1.78. The van der Waals surface area contributed by atoms with Crippen molar-refractivity contribution in [2.24, 2.45) is 0 Å². The smallest absolute Gasteiger partial charge is 0.323 e. The number of aromatic nitrogens is 2. The average Bonchev–Trinajstić information content (AvgIpc) is 3.17. The summed E-state index contributed by atoms with van der Waals surface area (Å²) in [7, 11) is 1.64. The highest BCUT2D eigenvalue weighted by Crippen LogP contribution is 2.30. The van der Waals surface area contributed by atoms with Gasteiger partial charge < -0.3 is 19.4 Å². The Labute approximate surface area is 195 Å². The average molecular weight is 461 g/mol. The molecule has 1 aromatic heterocycles. The Morgan fingerprint density at radius 2 is 2.06 bits per heavy atom. The summed E-state index contributed by atoms with van der Waals surface area (Å²) in [6.45, 7) is 9.05. The van der Waals surface area contributed by atoms with Gasteiger partial charge in [0.2, 0.25) is 11.8 Å². The Morgan fingerprint density at radius 3 is 2.72 bits per heavy atom. The van der Waals surface area contributed by atoms with Gasteiger partial charge in [0.15, 0.2) is 0 Å². The van der Waals surface area contributed by atoms with Gasteiger partial charge in [0.25, 0.3) is 0 Å². The quantitative estimate of drug-likeness (QED) is 0.368. The van der Waals surface area contributed by atoms with Gasteiger partial charge in [-0.1, -0.05) is 12.1 Å². The van der Waals surface area contributed by atoms with Crippen LogP contribution in [0.1, 0.15) is 56.0 Å². The van der Waals surface area contributed by atoms with E-state index in [1.807, 2.05) is 39.8 Å². The fourth-order valence-corrected chi connectivity index (χ4v) is 4.13. The van der Waals surface area contributed by atoms with Gasteiger partial charge in [-0.05, 0) is 64.3 Å². The summed E-state index contributed by atoms with van der Waals surface area (Å²) in [6.07, 6.45) is 2.30. The van der Waals surface area contributed by atoms with Crippen molar-refractivity contribution in [1.82, 2.24) is 14.9 Å². The first-order chi connectivity index (χ1) is 15.1. The van der Waals surface area contributed by atoms with E-state index in [1.165, 1.54) is 0 Å². The summed E-state index contributed by atoms with van der Waals surface area (Å²) < 4.78 is 16.4. The van der Waals surface area contributed by atoms with Crippen LogP contribution < -0.4 is 14.7 Å². The number of ether oxygens (including phenoxy) is 2. The van der Waals surface area contributed by atoms with Crippen molar-refractivity contribution < 1.29 is 18.5 Å². The molecule has 2 N–H and O–H groups in total. The Bertz CT molecular complexity index is 977. The summed E-state index contributed by atoms with van der Waals surface area (Å²) in [6, 6.07) is 5.86. The fourth-order valence-electron chi connectivity index (χ4n) is 3.98. The minimum absolute atomic E-state index is 0.141. The highest BCUT2D eigenvalue weighted by Gasteiger charge is 2.34. The Hall–Kier alpha value is -2.52. The molecule has 0 unspecified atom stereocenters. The largest absolute Gasteiger partial charge is 0.496 e. The number of thiol groups is 1. The third-order valence-corrected chi connectivity index (χ3v) is 5.60. The van der Waals surface area contributed by atoms with E-state index in [0.717, 1.165) is 47.5 Å². The second-order valence-corrected chi connectivity index (χ2v) is 9.21. The molecule has 2 heterocycles. The summed E-state index contributed by atoms with van der Waals surface area (Å²) in [5.74, 6) is 1.07. The van der Waals surface area contributed by atoms with Gasteiger partial charge in [-0.25, -0.2) is 4.98 Å². The van der Waals surface area contributed by atoms with Crippen molar-refractivity contribution in [3.8, 4) is 11.6 Å². The van der Waals surface area contributed by atoms with Gasteiger partial charge in [0, 0.05) is 31.4 Å². The predicted octanol–water partition coefficient (Wildman–Crippen LogP) is 3.50. The second kappa shape index (κ2) is 9.95. The van der Waals surface area contributed by atoms with Gasteiger partial charge >= 0.3 is 5.97 Å². The highest BCUT2D eigenvalue weighted by atomic mass is 32.1. The SMILES string of the molecule is COc1cc(CN2CCC[C@@H]2C(=O)OC(C)(C)C)ccc1Cc1c(C)nc(N)nc1OS. The normalized spacial score (nSPS) is 16.8. The van der Waals surface area contributed by atoms with Gasteiger partial charge in [0.1, 0.15) is 17.4 Å². The molecule has 1 atom stereocenters. The third kappa shape index (κ3) is 5.83. The molecule has 0 saturated carbocycles. The summed E-state index contributed by atoms with van der Waals surface area (Å²) in [5, 5.41) is 0. The number of aryl methyl sites for hydroxylation is 1. The van der Waals surface area contributed by atoms with Gasteiger partial charge in [0.05, 0.1) is 12.8 Å². The molecule has 0 spiro atoms. The minimum Gasteiger partial charge on any atom is -0.496 e. The number of benzene rings is 1. The number of hydrogen-bond acceptors (Lipinski definition) is 9. The molecule has 0 amide bonds. The molecule has 1 aliphatic heterocycles. The molecular formula is C23H32N4O4S. The first-order valence-corrected chi connectivity index (χ1v) is 11.0. The van der Waals surface area contributed by atoms with E-state index in [-0.39, 0.29) is 18.0 Å². The standard InChI is InChI=1S/C23H32N4O4S/c1-14-17(20(31-32)26-22(24)25-14)12-16-9-8-15(11-19(16)29-5)13-27-10-6-7-18(27)21(28)30-23(2,3)4/h8-9,11,18,32H,6-7,10,12-13H2,1-5H3,(H2,24,25,26)/t18-/m1/s1. The van der Waals surface area contributed by atoms with Crippen LogP contribution in [0.2, 0.25) is 0 Å². The molecule has 8 nitrogen and oxygen atoms in total. The maximum absolute atomic E-state index is 12.6. The van der Waals surface area contributed by atoms with E-state index in [1.54, 1.807) is 7.11 Å². The lowest BCUT2D eigenvalue weighted by atomic mass is 10.0. The number of nitrogens with two attached hydrogens (primary N) is 1. The van der Waals surface area contributed by atoms with Crippen LogP contribution in [-0.2, 0) is 22.5 Å². The van der Waals surface area contributed by atoms with E-state index in [4.69, 9.17) is 19.4 Å². The number of hydrogen-bond donors (Lipinski definition) is 2. The monoisotopic (exact) mass is 460 g/mol. The topological polar surface area (TPSA) is 99.8 Å². The number of nitrogen functional groups attached to an aromatic ring is 1. The van der Waals surface area contributed by atoms with Gasteiger partial charge in [-0.3, -0.25) is 9.69 Å². The van der Waals surface area contributed by atoms with E-state index < -0.39 is 5.60 Å². The first kappa shape index (κ1) is 24.1. The van der Waals surface area contributed by atoms with Crippen molar-refractivity contribution in [3.63, 3.8) is 0 Å². The van der Waals surface area contributed by atoms with E-state index in [2.05, 4.69) is 33.8 Å². The molecule has 0 bridgehead atoms. The van der Waals surface area contributed by atoms with Crippen LogP contribution in [0.25, 0.3) is 0 Å². The van der Waals surface area contributed by atoms with Crippen LogP contribution in [-0.4, -0.2) is 46.1 Å². The number of anilines is 1. The number of carbonyl (C=O) groups is 1. The van der Waals surface area contributed by atoms with Crippen molar-refractivity contribution in [3.05, 3.63) is 40.6 Å². The lowest BCUT2D eigenvalue weighted by Gasteiger charge is -2.27. The van der Waals surface area contributed by atoms with Crippen LogP contribution in [0.4, 0.5) is 5.95 Å². The first-order valence-electron chi connectivity index (χ1n) is 10.7. The highest BCUT2D eigenvalue weighted by molar-refractivity contribution is 7.75. The fraction of sp³-hybridized carbons (Fsp3) is 0.522. The van der Waals surface area contributed by atoms with Crippen LogP contribution in [0.15, 0.2) is 18.2 Å². The number of rotatable bonds is 7. The number of carbonyl (C=O) groups excluding carboxylic acids is 1. The van der Waals surface area contributed by atoms with E-state index >= 15 is 0 Å². The van der Waals surface area contributed by atoms with Gasteiger partial charge in [-0.15, -0.1) is 0 Å². The molecule has 2 aromatic rings. The molecule has 1 fully saturated rings. The Morgan fingerprint density at radius 1 is 1.31 bits per heavy atom. The minimum atomic E-state index is -0.490. The van der Waals surface area contributed by atoms with Crippen LogP contribution >= 0.6 is 12.9 Å².